The molecule has 16 aromatic heterocycles. The predicted molar refractivity (Wildman–Crippen MR) is 560 cm³/mol. The van der Waals surface area contributed by atoms with Crippen LogP contribution >= 0.6 is 34.0 Å². The average Bonchev–Trinajstić information content (AvgIpc) is 1.64. The van der Waals surface area contributed by atoms with Gasteiger partial charge in [-0.25, -0.2) is 9.97 Å². The van der Waals surface area contributed by atoms with E-state index in [1.54, 1.807) is 76.1 Å². The minimum atomic E-state index is 0.845. The van der Waals surface area contributed by atoms with Crippen molar-refractivity contribution in [3.8, 4) is 89.6 Å². The first kappa shape index (κ1) is 107. The Balaban J connectivity index is 0.000000162. The summed E-state index contributed by atoms with van der Waals surface area (Å²) in [4.78, 5) is 31.9. The van der Waals surface area contributed by atoms with Crippen molar-refractivity contribution in [2.24, 2.45) is 7.05 Å². The van der Waals surface area contributed by atoms with Crippen molar-refractivity contribution in [2.75, 3.05) is 109 Å². The molecule has 1 aromatic carbocycles. The third kappa shape index (κ3) is 34.6. The van der Waals surface area contributed by atoms with Gasteiger partial charge in [0.2, 0.25) is 0 Å². The summed E-state index contributed by atoms with van der Waals surface area (Å²) in [6, 6.07) is 24.6. The normalized spacial score (nSPS) is 11.2. The molecule has 0 amide bonds. The Morgan fingerprint density at radius 3 is 1.15 bits per heavy atom. The summed E-state index contributed by atoms with van der Waals surface area (Å²) in [5.74, 6) is 0.845. The second-order valence-corrected chi connectivity index (χ2v) is 37.3. The van der Waals surface area contributed by atoms with Gasteiger partial charge in [0.05, 0.1) is 119 Å². The highest BCUT2D eigenvalue weighted by molar-refractivity contribution is 7.17. The molecule has 0 aliphatic heterocycles. The molecule has 137 heavy (non-hydrogen) atoms. The van der Waals surface area contributed by atoms with E-state index in [2.05, 4.69) is 323 Å². The molecule has 0 aliphatic carbocycles. The zero-order chi connectivity index (χ0) is 97.3. The molecule has 8 N–H and O–H groups in total. The van der Waals surface area contributed by atoms with Crippen molar-refractivity contribution in [2.45, 2.75) is 172 Å². The third-order valence-corrected chi connectivity index (χ3v) is 24.9. The second-order valence-electron chi connectivity index (χ2n) is 34.7. The van der Waals surface area contributed by atoms with Gasteiger partial charge in [0.1, 0.15) is 12.0 Å². The van der Waals surface area contributed by atoms with Gasteiger partial charge in [-0.1, -0.05) is 92.5 Å². The molecule has 17 rings (SSSR count). The largest absolute Gasteiger partial charge is 0.472 e. The molecule has 732 valence electrons. The lowest BCUT2D eigenvalue weighted by Crippen LogP contribution is -2.19. The molecular weight excluding hydrogens is 1770 g/mol. The molecule has 0 radical (unpaired) electrons. The summed E-state index contributed by atoms with van der Waals surface area (Å²) < 4.78 is 13.6. The van der Waals surface area contributed by atoms with Crippen molar-refractivity contribution >= 4 is 44.1 Å². The highest BCUT2D eigenvalue weighted by Crippen LogP contribution is 2.36. The number of aromatic amines is 8. The summed E-state index contributed by atoms with van der Waals surface area (Å²) in [7, 11) is 19.0. The van der Waals surface area contributed by atoms with Crippen LogP contribution < -0.4 is 0 Å². The topological polar surface area (TPSA) is 338 Å². The van der Waals surface area contributed by atoms with Gasteiger partial charge in [0.25, 0.3) is 0 Å². The highest BCUT2D eigenvalue weighted by Gasteiger charge is 2.20. The number of H-pyrrole nitrogens is 8. The van der Waals surface area contributed by atoms with Crippen molar-refractivity contribution < 1.29 is 8.83 Å². The Bertz CT molecular complexity index is 5610. The maximum Gasteiger partial charge on any atom is 0.151 e. The van der Waals surface area contributed by atoms with Crippen LogP contribution in [0.25, 0.3) is 99.7 Å². The van der Waals surface area contributed by atoms with Crippen LogP contribution in [0.15, 0.2) is 215 Å². The van der Waals surface area contributed by atoms with Gasteiger partial charge in [-0.05, 0) is 219 Å². The number of nitrogens with zero attached hydrogens (tertiary/aromatic N) is 21. The fraction of sp³-hybridized carbons (Fsp3) is 0.417. The van der Waals surface area contributed by atoms with E-state index < -0.39 is 0 Å². The highest BCUT2D eigenvalue weighted by atomic mass is 32.1. The number of unbranched alkanes of at least 4 members (excludes halogenated alkanes) is 2. The lowest BCUT2D eigenvalue weighted by Gasteiger charge is -2.15. The number of pyridine rings is 1. The lowest BCUT2D eigenvalue weighted by molar-refractivity contribution is 0.321. The Hall–Kier alpha value is -12.1. The second kappa shape index (κ2) is 59.2. The van der Waals surface area contributed by atoms with Crippen molar-refractivity contribution in [1.29, 1.82) is 0 Å². The van der Waals surface area contributed by atoms with E-state index in [9.17, 15) is 0 Å². The number of hydrogen-bond donors (Lipinski definition) is 8. The average molecular weight is 1920 g/mol. The zero-order valence-corrected chi connectivity index (χ0v) is 85.9. The molecule has 17 aromatic rings. The minimum absolute atomic E-state index is 0.845. The third-order valence-electron chi connectivity index (χ3n) is 22.4. The fourth-order valence-corrected chi connectivity index (χ4v) is 18.1. The maximum absolute atomic E-state index is 5.37. The number of fused-ring (bicyclic) bond motifs is 1. The molecule has 34 heteroatoms. The van der Waals surface area contributed by atoms with Crippen LogP contribution in [-0.2, 0) is 59.4 Å². The standard InChI is InChI=1S/C17H21N3S.C14H20N4.C12H19N5.C12H17N5.2C12H17N3O.2C12H17N3S/c1-3-4-9-20(2)11-13-10-18-19-17(13)15-12-21-16-8-6-5-7-14(15)16;1-3-4-8-18(2)11-13-10-16-17-14(13)12-6-5-7-15-9-12;1-4-5-16(2)8-10-6-13-15-12(10)11-7-14-17(3)9-11;1-3-4-17(2)8-11-7-15-16-12(11)10-5-13-9-14-6-10;1-3-6-15(2)9-10-8-13-14-12(10)11-5-4-7-16-11;1-3-5-15(2)8-11-7-13-14-12(11)10-4-6-16-9-10;1-3-6-15(2)9-10-8-13-14-12(10)11-5-4-7-16-11;1-3-5-15(2)8-11-7-13-14-12(11)10-4-6-16-9-10/h5-8,10,12H,3-4,9,11H2,1-2H3,(H,18,19);5-7,9-10H,3-4,8,11H2,1-2H3,(H,16,17);6-7,9H,4-5,8H2,1-3H3,(H,13,15);5-7,9H,3-4,8H2,1-2H3,(H,15,16);4-5,7-8H,3,6,9H2,1-2H3,(H,13,14);4,6-7,9H,3,5,8H2,1-2H3,(H,13,14);4-5,7-8H,3,6,9H2,1-2H3,(H,13,14);4,6-7,9H,3,5,8H2,1-2H3,(H,13,14). The van der Waals surface area contributed by atoms with Gasteiger partial charge in [-0.3, -0.25) is 50.5 Å². The van der Waals surface area contributed by atoms with E-state index in [4.69, 9.17) is 8.83 Å². The van der Waals surface area contributed by atoms with E-state index in [1.165, 1.54) is 115 Å². The number of rotatable bonds is 42. The van der Waals surface area contributed by atoms with Crippen molar-refractivity contribution in [1.82, 2.24) is 146 Å². The van der Waals surface area contributed by atoms with Crippen LogP contribution in [-0.4, -0.2) is 254 Å². The number of aromatic nitrogens is 21. The lowest BCUT2D eigenvalue weighted by atomic mass is 10.1. The molecule has 16 heterocycles. The van der Waals surface area contributed by atoms with Crippen LogP contribution in [0, 0.1) is 0 Å². The summed E-state index contributed by atoms with van der Waals surface area (Å²) in [6.07, 6.45) is 44.9. The number of benzene rings is 1. The number of thiophene rings is 3. The molecule has 0 bridgehead atoms. The van der Waals surface area contributed by atoms with E-state index in [1.807, 2.05) is 99.5 Å². The summed E-state index contributed by atoms with van der Waals surface area (Å²) >= 11 is 5.25. The van der Waals surface area contributed by atoms with E-state index in [0.717, 1.165) is 204 Å². The number of aryl methyl sites for hydroxylation is 1. The van der Waals surface area contributed by atoms with Crippen LogP contribution in [0.5, 0.6) is 0 Å². The Morgan fingerprint density at radius 1 is 0.328 bits per heavy atom. The van der Waals surface area contributed by atoms with Gasteiger partial charge in [0.15, 0.2) is 5.76 Å². The molecule has 0 saturated heterocycles. The van der Waals surface area contributed by atoms with Gasteiger partial charge in [-0.2, -0.15) is 57.2 Å². The summed E-state index contributed by atoms with van der Waals surface area (Å²) in [6.45, 7) is 33.8. The monoisotopic (exact) mass is 1920 g/mol. The first-order valence-corrected chi connectivity index (χ1v) is 50.5. The Labute approximate surface area is 821 Å². The molecule has 0 unspecified atom stereocenters. The maximum atomic E-state index is 5.37. The van der Waals surface area contributed by atoms with E-state index >= 15 is 0 Å². The van der Waals surface area contributed by atoms with Gasteiger partial charge in [0, 0.05) is 189 Å². The number of hydrogen-bond acceptors (Lipinski definition) is 25. The van der Waals surface area contributed by atoms with Crippen LogP contribution in [0.1, 0.15) is 164 Å². The van der Waals surface area contributed by atoms with Crippen molar-refractivity contribution in [3.05, 3.63) is 251 Å². The fourth-order valence-electron chi connectivity index (χ4n) is 15.8. The Kier molecular flexibility index (Phi) is 46.2. The molecular formula is C103H145N29O2S3. The van der Waals surface area contributed by atoms with E-state index in [-0.39, 0.29) is 0 Å². The number of nitrogens with one attached hydrogen (secondary N) is 8. The number of furan rings is 2. The van der Waals surface area contributed by atoms with E-state index in [0.29, 0.717) is 0 Å². The first-order valence-electron chi connectivity index (χ1n) is 47.8. The van der Waals surface area contributed by atoms with Crippen LogP contribution in [0.2, 0.25) is 0 Å². The SMILES string of the molecule is CCCCN(C)Cc1cn[nH]c1-c1cccnc1.CCCCN(C)Cc1cn[nH]c1-c1csc2ccccc12.CCCN(C)Cc1cn[nH]c1-c1ccco1.CCCN(C)Cc1cn[nH]c1-c1cccs1.CCCN(C)Cc1cn[nH]c1-c1ccoc1.CCCN(C)Cc1cn[nH]c1-c1ccsc1.CCCN(C)Cc1cn[nH]c1-c1cncnc1.CCCN(C)Cc1cn[nH]c1-c1cnn(C)c1. The summed E-state index contributed by atoms with van der Waals surface area (Å²) in [5, 5.41) is 71.7. The quantitative estimate of drug-likeness (QED) is 0.0176. The molecule has 0 spiro atoms. The van der Waals surface area contributed by atoms with Crippen LogP contribution in [0.3, 0.4) is 0 Å². The smallest absolute Gasteiger partial charge is 0.151 e. The molecule has 31 nitrogen and oxygen atoms in total. The minimum Gasteiger partial charge on any atom is -0.472 e. The van der Waals surface area contributed by atoms with Gasteiger partial charge in [-0.15, -0.1) is 22.7 Å². The van der Waals surface area contributed by atoms with Gasteiger partial charge >= 0.3 is 0 Å². The van der Waals surface area contributed by atoms with Crippen LogP contribution in [0.4, 0.5) is 0 Å². The predicted octanol–water partition coefficient (Wildman–Crippen LogP) is 21.6. The summed E-state index contributed by atoms with van der Waals surface area (Å²) in [5.41, 5.74) is 25.2. The first-order chi connectivity index (χ1) is 66.8. The van der Waals surface area contributed by atoms with Crippen molar-refractivity contribution in [3.63, 3.8) is 0 Å². The molecule has 0 saturated carbocycles. The molecule has 0 aliphatic rings. The Morgan fingerprint density at radius 2 is 0.745 bits per heavy atom. The van der Waals surface area contributed by atoms with Gasteiger partial charge < -0.3 is 48.0 Å². The molecule has 0 fully saturated rings. The molecule has 0 atom stereocenters. The zero-order valence-electron chi connectivity index (χ0n) is 83.4.